The number of nitrogens with zero attached hydrogens (tertiary/aromatic N) is 1. The molecule has 0 aromatic carbocycles. The molecule has 2 N–H and O–H groups in total. The summed E-state index contributed by atoms with van der Waals surface area (Å²) < 4.78 is 0. The molecule has 94 valence electrons. The minimum atomic E-state index is -0.742. The van der Waals surface area contributed by atoms with Gasteiger partial charge in [0.05, 0.1) is 19.0 Å². The van der Waals surface area contributed by atoms with E-state index in [0.717, 1.165) is 0 Å². The lowest BCUT2D eigenvalue weighted by Crippen LogP contribution is -2.47. The summed E-state index contributed by atoms with van der Waals surface area (Å²) in [6, 6.07) is 0.112. The molecule has 0 spiro atoms. The largest absolute Gasteiger partial charge is 0.481 e. The molecular formula is C12H18N2O3. The summed E-state index contributed by atoms with van der Waals surface area (Å²) in [5.41, 5.74) is 0. The molecule has 0 radical (unpaired) electrons. The van der Waals surface area contributed by atoms with Crippen LogP contribution in [-0.4, -0.2) is 47.6 Å². The smallest absolute Gasteiger partial charge is 0.306 e. The molecular weight excluding hydrogens is 220 g/mol. The van der Waals surface area contributed by atoms with Crippen LogP contribution in [-0.2, 0) is 9.59 Å². The van der Waals surface area contributed by atoms with Gasteiger partial charge in [0.2, 0.25) is 5.91 Å². The highest BCUT2D eigenvalue weighted by Gasteiger charge is 2.30. The zero-order valence-corrected chi connectivity index (χ0v) is 9.98. The van der Waals surface area contributed by atoms with Crippen molar-refractivity contribution in [2.45, 2.75) is 25.8 Å². The lowest BCUT2D eigenvalue weighted by molar-refractivity contribution is -0.144. The van der Waals surface area contributed by atoms with Crippen LogP contribution in [0.3, 0.4) is 0 Å². The van der Waals surface area contributed by atoms with Crippen molar-refractivity contribution >= 4 is 11.9 Å². The molecule has 1 aliphatic heterocycles. The Morgan fingerprint density at radius 1 is 1.59 bits per heavy atom. The van der Waals surface area contributed by atoms with Gasteiger partial charge in [-0.25, -0.2) is 0 Å². The number of likely N-dealkylation sites (tertiary alicyclic amines) is 1. The number of amides is 1. The highest BCUT2D eigenvalue weighted by atomic mass is 16.4. The first-order valence-electron chi connectivity index (χ1n) is 5.71. The van der Waals surface area contributed by atoms with E-state index in [1.54, 1.807) is 0 Å². The Bertz CT molecular complexity index is 335. The molecule has 0 saturated carbocycles. The van der Waals surface area contributed by atoms with Gasteiger partial charge >= 0.3 is 5.97 Å². The Labute approximate surface area is 101 Å². The number of carboxylic acids is 1. The number of carboxylic acid groups (broad SMARTS) is 1. The van der Waals surface area contributed by atoms with Gasteiger partial charge in [-0.05, 0) is 26.3 Å². The van der Waals surface area contributed by atoms with Gasteiger partial charge < -0.3 is 10.4 Å². The van der Waals surface area contributed by atoms with E-state index in [1.807, 2.05) is 11.8 Å². The van der Waals surface area contributed by atoms with E-state index in [4.69, 9.17) is 11.5 Å². The van der Waals surface area contributed by atoms with Crippen LogP contribution in [0.4, 0.5) is 0 Å². The van der Waals surface area contributed by atoms with Crippen LogP contribution in [0.5, 0.6) is 0 Å². The highest BCUT2D eigenvalue weighted by molar-refractivity contribution is 5.78. The molecule has 1 aliphatic rings. The third-order valence-corrected chi connectivity index (χ3v) is 3.10. The van der Waals surface area contributed by atoms with Gasteiger partial charge in [-0.15, -0.1) is 6.42 Å². The Hall–Kier alpha value is -1.54. The molecule has 5 nitrogen and oxygen atoms in total. The van der Waals surface area contributed by atoms with Crippen LogP contribution < -0.4 is 5.32 Å². The standard InChI is InChI=1S/C12H18N2O3/c1-3-5-13-11(15)8-14-6-4-10(12(16)17)7-9(14)2/h1,9-10H,4-8H2,2H3,(H,13,15)(H,16,17). The number of terminal acetylenes is 1. The summed E-state index contributed by atoms with van der Waals surface area (Å²) in [7, 11) is 0. The van der Waals surface area contributed by atoms with E-state index >= 15 is 0 Å². The molecule has 2 unspecified atom stereocenters. The van der Waals surface area contributed by atoms with Crippen molar-refractivity contribution < 1.29 is 14.7 Å². The number of carbonyl (C=O) groups is 2. The van der Waals surface area contributed by atoms with Crippen LogP contribution in [0.25, 0.3) is 0 Å². The number of hydrogen-bond donors (Lipinski definition) is 2. The monoisotopic (exact) mass is 238 g/mol. The number of aliphatic carboxylic acids is 1. The number of carbonyl (C=O) groups excluding carboxylic acids is 1. The Morgan fingerprint density at radius 2 is 2.29 bits per heavy atom. The van der Waals surface area contributed by atoms with Crippen LogP contribution in [0, 0.1) is 18.3 Å². The highest BCUT2D eigenvalue weighted by Crippen LogP contribution is 2.22. The van der Waals surface area contributed by atoms with E-state index in [9.17, 15) is 9.59 Å². The van der Waals surface area contributed by atoms with Gasteiger partial charge in [-0.1, -0.05) is 5.92 Å². The molecule has 2 atom stereocenters. The average molecular weight is 238 g/mol. The minimum Gasteiger partial charge on any atom is -0.481 e. The summed E-state index contributed by atoms with van der Waals surface area (Å²) in [6.07, 6.45) is 6.24. The van der Waals surface area contributed by atoms with Crippen LogP contribution in [0.2, 0.25) is 0 Å². The lowest BCUT2D eigenvalue weighted by Gasteiger charge is -2.35. The SMILES string of the molecule is C#CCNC(=O)CN1CCC(C(=O)O)CC1C. The maximum atomic E-state index is 11.5. The average Bonchev–Trinajstić information content (AvgIpc) is 2.28. The van der Waals surface area contributed by atoms with Gasteiger partial charge in [-0.2, -0.15) is 0 Å². The molecule has 0 bridgehead atoms. The molecule has 1 amide bonds. The van der Waals surface area contributed by atoms with Gasteiger partial charge in [0.15, 0.2) is 0 Å². The summed E-state index contributed by atoms with van der Waals surface area (Å²) in [4.78, 5) is 24.3. The molecule has 17 heavy (non-hydrogen) atoms. The second-order valence-corrected chi connectivity index (χ2v) is 4.36. The van der Waals surface area contributed by atoms with Crippen molar-refractivity contribution in [3.63, 3.8) is 0 Å². The summed E-state index contributed by atoms with van der Waals surface area (Å²) >= 11 is 0. The maximum Gasteiger partial charge on any atom is 0.306 e. The molecule has 5 heteroatoms. The normalized spacial score (nSPS) is 24.9. The van der Waals surface area contributed by atoms with Crippen molar-refractivity contribution in [3.8, 4) is 12.3 Å². The lowest BCUT2D eigenvalue weighted by atomic mass is 9.92. The first-order valence-corrected chi connectivity index (χ1v) is 5.71. The molecule has 1 saturated heterocycles. The zero-order chi connectivity index (χ0) is 12.8. The zero-order valence-electron chi connectivity index (χ0n) is 9.98. The van der Waals surface area contributed by atoms with Gasteiger partial charge in [-0.3, -0.25) is 14.5 Å². The molecule has 0 aliphatic carbocycles. The maximum absolute atomic E-state index is 11.5. The van der Waals surface area contributed by atoms with E-state index in [2.05, 4.69) is 11.2 Å². The third-order valence-electron chi connectivity index (χ3n) is 3.10. The topological polar surface area (TPSA) is 69.6 Å². The summed E-state index contributed by atoms with van der Waals surface area (Å²) in [6.45, 7) is 3.11. The fourth-order valence-electron chi connectivity index (χ4n) is 2.07. The van der Waals surface area contributed by atoms with Crippen LogP contribution in [0.15, 0.2) is 0 Å². The Morgan fingerprint density at radius 3 is 2.82 bits per heavy atom. The Balaban J connectivity index is 2.39. The van der Waals surface area contributed by atoms with Gasteiger partial charge in [0, 0.05) is 6.04 Å². The van der Waals surface area contributed by atoms with E-state index in [-0.39, 0.29) is 31.0 Å². The second kappa shape index (κ2) is 6.26. The summed E-state index contributed by atoms with van der Waals surface area (Å²) in [5, 5.41) is 11.5. The first kappa shape index (κ1) is 13.5. The van der Waals surface area contributed by atoms with Crippen LogP contribution in [0.1, 0.15) is 19.8 Å². The van der Waals surface area contributed by atoms with Gasteiger partial charge in [0.1, 0.15) is 0 Å². The number of hydrogen-bond acceptors (Lipinski definition) is 3. The fourth-order valence-corrected chi connectivity index (χ4v) is 2.07. The molecule has 0 aromatic heterocycles. The molecule has 1 fully saturated rings. The van der Waals surface area contributed by atoms with Crippen molar-refractivity contribution in [3.05, 3.63) is 0 Å². The number of nitrogens with one attached hydrogen (secondary N) is 1. The predicted octanol–water partition coefficient (Wildman–Crippen LogP) is -0.0791. The van der Waals surface area contributed by atoms with Crippen molar-refractivity contribution in [1.82, 2.24) is 10.2 Å². The van der Waals surface area contributed by atoms with Crippen molar-refractivity contribution in [2.24, 2.45) is 5.92 Å². The minimum absolute atomic E-state index is 0.108. The quantitative estimate of drug-likeness (QED) is 0.672. The van der Waals surface area contributed by atoms with Crippen molar-refractivity contribution in [1.29, 1.82) is 0 Å². The third kappa shape index (κ3) is 4.08. The Kier molecular flexibility index (Phi) is 4.98. The van der Waals surface area contributed by atoms with Crippen molar-refractivity contribution in [2.75, 3.05) is 19.6 Å². The van der Waals surface area contributed by atoms with Gasteiger partial charge in [0.25, 0.3) is 0 Å². The number of rotatable bonds is 4. The predicted molar refractivity (Wildman–Crippen MR) is 63.2 cm³/mol. The van der Waals surface area contributed by atoms with Crippen LogP contribution >= 0.6 is 0 Å². The van der Waals surface area contributed by atoms with E-state index in [1.165, 1.54) is 0 Å². The summed E-state index contributed by atoms with van der Waals surface area (Å²) in [5.74, 6) is 1.21. The van der Waals surface area contributed by atoms with E-state index < -0.39 is 5.97 Å². The molecule has 0 aromatic rings. The first-order chi connectivity index (χ1) is 8.04. The number of piperidine rings is 1. The second-order valence-electron chi connectivity index (χ2n) is 4.36. The molecule has 1 heterocycles. The molecule has 1 rings (SSSR count). The van der Waals surface area contributed by atoms with E-state index in [0.29, 0.717) is 19.4 Å². The fraction of sp³-hybridized carbons (Fsp3) is 0.667.